The molecule has 0 aliphatic heterocycles. The standard InChI is InChI=1S/C17H25NO4/c1-12(2)14-5-7-15(8-6-14)21-11-16(19)18-10-9-17(20)22-13(3)4/h5-8,12-13H,9-11H2,1-4H3,(H,18,19). The summed E-state index contributed by atoms with van der Waals surface area (Å²) in [5, 5.41) is 2.62. The number of carbonyl (C=O) groups is 2. The molecule has 1 aromatic rings. The van der Waals surface area contributed by atoms with Gasteiger partial charge in [0.25, 0.3) is 5.91 Å². The van der Waals surface area contributed by atoms with E-state index in [-0.39, 0.29) is 37.6 Å². The lowest BCUT2D eigenvalue weighted by Gasteiger charge is -2.10. The molecule has 0 saturated heterocycles. The van der Waals surface area contributed by atoms with Crippen LogP contribution < -0.4 is 10.1 Å². The molecule has 0 aromatic heterocycles. The van der Waals surface area contributed by atoms with Gasteiger partial charge in [-0.3, -0.25) is 9.59 Å². The molecule has 1 amide bonds. The first-order chi connectivity index (χ1) is 10.4. The molecule has 0 radical (unpaired) electrons. The minimum atomic E-state index is -0.319. The summed E-state index contributed by atoms with van der Waals surface area (Å²) in [4.78, 5) is 22.9. The fourth-order valence-corrected chi connectivity index (χ4v) is 1.77. The first kappa shape index (κ1) is 18.0. The summed E-state index contributed by atoms with van der Waals surface area (Å²) in [6.45, 7) is 7.99. The molecule has 0 atom stereocenters. The van der Waals surface area contributed by atoms with Gasteiger partial charge in [-0.2, -0.15) is 0 Å². The van der Waals surface area contributed by atoms with E-state index in [1.54, 1.807) is 13.8 Å². The van der Waals surface area contributed by atoms with Gasteiger partial charge in [-0.25, -0.2) is 0 Å². The van der Waals surface area contributed by atoms with Crippen molar-refractivity contribution in [1.82, 2.24) is 5.32 Å². The predicted molar refractivity (Wildman–Crippen MR) is 84.9 cm³/mol. The predicted octanol–water partition coefficient (Wildman–Crippen LogP) is 2.65. The Labute approximate surface area is 132 Å². The Kier molecular flexibility index (Phi) is 7.43. The van der Waals surface area contributed by atoms with Crippen molar-refractivity contribution < 1.29 is 19.1 Å². The van der Waals surface area contributed by atoms with Crippen LogP contribution in [-0.4, -0.2) is 31.1 Å². The van der Waals surface area contributed by atoms with Crippen LogP contribution in [0.1, 0.15) is 45.6 Å². The minimum absolute atomic E-state index is 0.0692. The molecule has 1 N–H and O–H groups in total. The Morgan fingerprint density at radius 1 is 1.09 bits per heavy atom. The highest BCUT2D eigenvalue weighted by atomic mass is 16.5. The molecule has 1 rings (SSSR count). The van der Waals surface area contributed by atoms with E-state index in [4.69, 9.17) is 9.47 Å². The molecule has 0 spiro atoms. The lowest BCUT2D eigenvalue weighted by molar-refractivity contribution is -0.147. The molecule has 5 heteroatoms. The highest BCUT2D eigenvalue weighted by Crippen LogP contribution is 2.18. The third-order valence-corrected chi connectivity index (χ3v) is 2.94. The van der Waals surface area contributed by atoms with Gasteiger partial charge < -0.3 is 14.8 Å². The van der Waals surface area contributed by atoms with E-state index in [2.05, 4.69) is 19.2 Å². The number of nitrogens with one attached hydrogen (secondary N) is 1. The van der Waals surface area contributed by atoms with Crippen LogP contribution in [0.2, 0.25) is 0 Å². The Bertz CT molecular complexity index is 480. The van der Waals surface area contributed by atoms with Gasteiger partial charge in [0.1, 0.15) is 5.75 Å². The number of ether oxygens (including phenoxy) is 2. The van der Waals surface area contributed by atoms with Crippen LogP contribution in [0, 0.1) is 0 Å². The summed E-state index contributed by atoms with van der Waals surface area (Å²) in [5.41, 5.74) is 1.22. The summed E-state index contributed by atoms with van der Waals surface area (Å²) in [6, 6.07) is 7.67. The summed E-state index contributed by atoms with van der Waals surface area (Å²) in [6.07, 6.45) is 0.0212. The Hall–Kier alpha value is -2.04. The molecule has 0 aliphatic carbocycles. The summed E-state index contributed by atoms with van der Waals surface area (Å²) in [7, 11) is 0. The molecular formula is C17H25NO4. The average Bonchev–Trinajstić information content (AvgIpc) is 2.44. The lowest BCUT2D eigenvalue weighted by atomic mass is 10.0. The maximum absolute atomic E-state index is 11.6. The zero-order valence-corrected chi connectivity index (χ0v) is 13.7. The van der Waals surface area contributed by atoms with Gasteiger partial charge in [0.15, 0.2) is 6.61 Å². The highest BCUT2D eigenvalue weighted by Gasteiger charge is 2.07. The van der Waals surface area contributed by atoms with Gasteiger partial charge in [0.05, 0.1) is 12.5 Å². The number of carbonyl (C=O) groups excluding carboxylic acids is 2. The second kappa shape index (κ2) is 9.07. The first-order valence-electron chi connectivity index (χ1n) is 7.57. The smallest absolute Gasteiger partial charge is 0.307 e. The molecule has 0 bridgehead atoms. The monoisotopic (exact) mass is 307 g/mol. The van der Waals surface area contributed by atoms with E-state index >= 15 is 0 Å². The van der Waals surface area contributed by atoms with E-state index in [0.29, 0.717) is 11.7 Å². The van der Waals surface area contributed by atoms with Crippen LogP contribution in [0.25, 0.3) is 0 Å². The van der Waals surface area contributed by atoms with Gasteiger partial charge in [-0.15, -0.1) is 0 Å². The van der Waals surface area contributed by atoms with Gasteiger partial charge >= 0.3 is 5.97 Å². The first-order valence-corrected chi connectivity index (χ1v) is 7.57. The molecule has 5 nitrogen and oxygen atoms in total. The summed E-state index contributed by atoms with van der Waals surface area (Å²) < 4.78 is 10.4. The van der Waals surface area contributed by atoms with Gasteiger partial charge in [-0.05, 0) is 37.5 Å². The van der Waals surface area contributed by atoms with Crippen molar-refractivity contribution in [3.63, 3.8) is 0 Å². The van der Waals surface area contributed by atoms with E-state index in [0.717, 1.165) is 0 Å². The normalized spacial score (nSPS) is 10.6. The number of hydrogen-bond donors (Lipinski definition) is 1. The molecule has 0 heterocycles. The van der Waals surface area contributed by atoms with E-state index < -0.39 is 0 Å². The van der Waals surface area contributed by atoms with Crippen LogP contribution in [0.3, 0.4) is 0 Å². The number of benzene rings is 1. The zero-order chi connectivity index (χ0) is 16.5. The molecule has 122 valence electrons. The Morgan fingerprint density at radius 3 is 2.27 bits per heavy atom. The topological polar surface area (TPSA) is 64.6 Å². The van der Waals surface area contributed by atoms with Crippen molar-refractivity contribution in [2.24, 2.45) is 0 Å². The van der Waals surface area contributed by atoms with Crippen LogP contribution in [0.5, 0.6) is 5.75 Å². The molecule has 22 heavy (non-hydrogen) atoms. The maximum atomic E-state index is 11.6. The lowest BCUT2D eigenvalue weighted by Crippen LogP contribution is -2.31. The van der Waals surface area contributed by atoms with Gasteiger partial charge in [0.2, 0.25) is 0 Å². The van der Waals surface area contributed by atoms with E-state index in [1.165, 1.54) is 5.56 Å². The van der Waals surface area contributed by atoms with Crippen molar-refractivity contribution in [2.75, 3.05) is 13.2 Å². The van der Waals surface area contributed by atoms with Crippen molar-refractivity contribution >= 4 is 11.9 Å². The van der Waals surface area contributed by atoms with Crippen molar-refractivity contribution in [3.8, 4) is 5.75 Å². The van der Waals surface area contributed by atoms with Gasteiger partial charge in [-0.1, -0.05) is 26.0 Å². The second-order valence-electron chi connectivity index (χ2n) is 5.65. The summed E-state index contributed by atoms with van der Waals surface area (Å²) >= 11 is 0. The molecule has 0 fully saturated rings. The number of hydrogen-bond acceptors (Lipinski definition) is 4. The third kappa shape index (κ3) is 7.11. The zero-order valence-electron chi connectivity index (χ0n) is 13.7. The minimum Gasteiger partial charge on any atom is -0.484 e. The maximum Gasteiger partial charge on any atom is 0.307 e. The average molecular weight is 307 g/mol. The Morgan fingerprint density at radius 2 is 1.73 bits per heavy atom. The molecule has 0 unspecified atom stereocenters. The quantitative estimate of drug-likeness (QED) is 0.750. The van der Waals surface area contributed by atoms with Crippen LogP contribution in [-0.2, 0) is 14.3 Å². The molecular weight excluding hydrogens is 282 g/mol. The van der Waals surface area contributed by atoms with Crippen molar-refractivity contribution in [3.05, 3.63) is 29.8 Å². The van der Waals surface area contributed by atoms with E-state index in [9.17, 15) is 9.59 Å². The SMILES string of the molecule is CC(C)OC(=O)CCNC(=O)COc1ccc(C(C)C)cc1. The second-order valence-corrected chi connectivity index (χ2v) is 5.65. The van der Waals surface area contributed by atoms with Crippen LogP contribution in [0.15, 0.2) is 24.3 Å². The van der Waals surface area contributed by atoms with Crippen LogP contribution >= 0.6 is 0 Å². The largest absolute Gasteiger partial charge is 0.484 e. The number of esters is 1. The molecule has 0 aliphatic rings. The summed E-state index contributed by atoms with van der Waals surface area (Å²) in [5.74, 6) is 0.535. The fourth-order valence-electron chi connectivity index (χ4n) is 1.77. The number of rotatable bonds is 8. The third-order valence-electron chi connectivity index (χ3n) is 2.94. The van der Waals surface area contributed by atoms with E-state index in [1.807, 2.05) is 24.3 Å². The fraction of sp³-hybridized carbons (Fsp3) is 0.529. The highest BCUT2D eigenvalue weighted by molar-refractivity contribution is 5.78. The Balaban J connectivity index is 2.24. The number of amides is 1. The molecule has 1 aromatic carbocycles. The van der Waals surface area contributed by atoms with Crippen molar-refractivity contribution in [1.29, 1.82) is 0 Å². The van der Waals surface area contributed by atoms with Crippen molar-refractivity contribution in [2.45, 2.75) is 46.1 Å². The van der Waals surface area contributed by atoms with Crippen LogP contribution in [0.4, 0.5) is 0 Å². The molecule has 0 saturated carbocycles. The van der Waals surface area contributed by atoms with Gasteiger partial charge in [0, 0.05) is 6.54 Å².